The Labute approximate surface area is 195 Å². The van der Waals surface area contributed by atoms with Crippen molar-refractivity contribution in [1.29, 1.82) is 0 Å². The molecule has 1 fully saturated rings. The fraction of sp³-hybridized carbons (Fsp3) is 0.296. The van der Waals surface area contributed by atoms with Gasteiger partial charge < -0.3 is 19.9 Å². The minimum atomic E-state index is -0.269. The van der Waals surface area contributed by atoms with Crippen LogP contribution in [-0.4, -0.2) is 57.2 Å². The summed E-state index contributed by atoms with van der Waals surface area (Å²) in [6.07, 6.45) is -0.269. The number of fused-ring (bicyclic) bond motifs is 1. The van der Waals surface area contributed by atoms with Crippen LogP contribution in [0.25, 0.3) is 0 Å². The number of piperazine rings is 1. The zero-order valence-corrected chi connectivity index (χ0v) is 19.0. The second kappa shape index (κ2) is 9.55. The average Bonchev–Trinajstić information content (AvgIpc) is 2.89. The van der Waals surface area contributed by atoms with Gasteiger partial charge in [0, 0.05) is 50.5 Å². The van der Waals surface area contributed by atoms with E-state index in [2.05, 4.69) is 50.3 Å². The molecule has 2 aliphatic rings. The van der Waals surface area contributed by atoms with Gasteiger partial charge in [-0.05, 0) is 30.3 Å². The normalized spacial score (nSPS) is 18.6. The molecule has 0 saturated carbocycles. The van der Waals surface area contributed by atoms with E-state index in [1.165, 1.54) is 5.69 Å². The molecule has 2 aliphatic heterocycles. The fourth-order valence-electron chi connectivity index (χ4n) is 4.84. The summed E-state index contributed by atoms with van der Waals surface area (Å²) in [5.74, 6) is 0.734. The molecule has 3 aromatic carbocycles. The van der Waals surface area contributed by atoms with Gasteiger partial charge in [-0.25, -0.2) is 0 Å². The molecule has 6 nitrogen and oxygen atoms in total. The van der Waals surface area contributed by atoms with E-state index in [-0.39, 0.29) is 12.1 Å². The number of nitrogens with one attached hydrogen (secondary N) is 1. The quantitative estimate of drug-likeness (QED) is 0.630. The van der Waals surface area contributed by atoms with Crippen molar-refractivity contribution in [3.05, 3.63) is 90.0 Å². The lowest BCUT2D eigenvalue weighted by Crippen LogP contribution is -2.52. The molecule has 5 rings (SSSR count). The van der Waals surface area contributed by atoms with Gasteiger partial charge in [0.2, 0.25) is 0 Å². The van der Waals surface area contributed by atoms with Gasteiger partial charge in [0.1, 0.15) is 11.9 Å². The second-order valence-electron chi connectivity index (χ2n) is 8.49. The number of hydrogen-bond acceptors (Lipinski definition) is 5. The number of benzene rings is 3. The SMILES string of the molecule is COc1ccccc1C1NC(=O)c2ccccc2N1CCN1CCN(c2ccccc2)CC1. The van der Waals surface area contributed by atoms with Gasteiger partial charge in [0.25, 0.3) is 5.91 Å². The number of rotatable bonds is 6. The number of carbonyl (C=O) groups is 1. The second-order valence-corrected chi connectivity index (χ2v) is 8.49. The maximum absolute atomic E-state index is 12.9. The van der Waals surface area contributed by atoms with Crippen LogP contribution in [0.2, 0.25) is 0 Å². The molecule has 170 valence electrons. The molecule has 0 spiro atoms. The highest BCUT2D eigenvalue weighted by atomic mass is 16.5. The van der Waals surface area contributed by atoms with Crippen molar-refractivity contribution in [1.82, 2.24) is 10.2 Å². The molecule has 0 aromatic heterocycles. The molecule has 1 amide bonds. The van der Waals surface area contributed by atoms with E-state index in [1.54, 1.807) is 7.11 Å². The lowest BCUT2D eigenvalue weighted by atomic mass is 10.0. The Kier molecular flexibility index (Phi) is 6.17. The summed E-state index contributed by atoms with van der Waals surface area (Å²) < 4.78 is 5.62. The lowest BCUT2D eigenvalue weighted by Gasteiger charge is -2.42. The highest BCUT2D eigenvalue weighted by molar-refractivity contribution is 6.02. The third-order valence-corrected chi connectivity index (χ3v) is 6.62. The molecule has 0 bridgehead atoms. The minimum Gasteiger partial charge on any atom is -0.496 e. The van der Waals surface area contributed by atoms with E-state index in [1.807, 2.05) is 48.5 Å². The third kappa shape index (κ3) is 4.39. The Morgan fingerprint density at radius 2 is 1.55 bits per heavy atom. The summed E-state index contributed by atoms with van der Waals surface area (Å²) >= 11 is 0. The molecule has 3 aromatic rings. The van der Waals surface area contributed by atoms with Gasteiger partial charge in [0.15, 0.2) is 0 Å². The van der Waals surface area contributed by atoms with Crippen molar-refractivity contribution in [2.24, 2.45) is 0 Å². The smallest absolute Gasteiger partial charge is 0.255 e. The Bertz CT molecular complexity index is 1100. The van der Waals surface area contributed by atoms with Gasteiger partial charge in [-0.2, -0.15) is 0 Å². The standard InChI is InChI=1S/C27H30N4O2/c1-33-25-14-8-6-12-23(25)26-28-27(32)22-11-5-7-13-24(22)31(26)20-17-29-15-18-30(19-16-29)21-9-3-2-4-10-21/h2-14,26H,15-20H2,1H3,(H,28,32). The maximum Gasteiger partial charge on any atom is 0.255 e. The largest absolute Gasteiger partial charge is 0.496 e. The molecule has 1 unspecified atom stereocenters. The van der Waals surface area contributed by atoms with Crippen LogP contribution in [-0.2, 0) is 0 Å². The van der Waals surface area contributed by atoms with Crippen molar-refractivity contribution in [2.75, 3.05) is 56.2 Å². The fourth-order valence-corrected chi connectivity index (χ4v) is 4.84. The number of para-hydroxylation sites is 3. The lowest BCUT2D eigenvalue weighted by molar-refractivity contribution is 0.0925. The Balaban J connectivity index is 1.33. The van der Waals surface area contributed by atoms with Crippen molar-refractivity contribution in [3.8, 4) is 5.75 Å². The van der Waals surface area contributed by atoms with Gasteiger partial charge >= 0.3 is 0 Å². The third-order valence-electron chi connectivity index (χ3n) is 6.62. The number of nitrogens with zero attached hydrogens (tertiary/aromatic N) is 3. The number of hydrogen-bond donors (Lipinski definition) is 1. The molecule has 6 heteroatoms. The van der Waals surface area contributed by atoms with Crippen LogP contribution in [0.4, 0.5) is 11.4 Å². The summed E-state index contributed by atoms with van der Waals surface area (Å²) in [5.41, 5.74) is 3.95. The summed E-state index contributed by atoms with van der Waals surface area (Å²) in [7, 11) is 1.67. The highest BCUT2D eigenvalue weighted by Gasteiger charge is 2.33. The Hall–Kier alpha value is -3.51. The molecule has 0 aliphatic carbocycles. The molecule has 0 radical (unpaired) electrons. The maximum atomic E-state index is 12.9. The Morgan fingerprint density at radius 3 is 2.33 bits per heavy atom. The monoisotopic (exact) mass is 442 g/mol. The van der Waals surface area contributed by atoms with Crippen molar-refractivity contribution in [2.45, 2.75) is 6.17 Å². The molecule has 1 saturated heterocycles. The van der Waals surface area contributed by atoms with E-state index >= 15 is 0 Å². The van der Waals surface area contributed by atoms with Crippen LogP contribution in [0.15, 0.2) is 78.9 Å². The molecule has 33 heavy (non-hydrogen) atoms. The van der Waals surface area contributed by atoms with E-state index in [0.717, 1.165) is 61.8 Å². The Morgan fingerprint density at radius 1 is 0.848 bits per heavy atom. The van der Waals surface area contributed by atoms with E-state index in [4.69, 9.17) is 4.74 Å². The van der Waals surface area contributed by atoms with Gasteiger partial charge in [-0.3, -0.25) is 9.69 Å². The van der Waals surface area contributed by atoms with Crippen LogP contribution in [0.3, 0.4) is 0 Å². The summed E-state index contributed by atoms with van der Waals surface area (Å²) in [5, 5.41) is 3.21. The van der Waals surface area contributed by atoms with Crippen LogP contribution in [0, 0.1) is 0 Å². The first-order valence-corrected chi connectivity index (χ1v) is 11.6. The van der Waals surface area contributed by atoms with E-state index < -0.39 is 0 Å². The zero-order chi connectivity index (χ0) is 22.6. The van der Waals surface area contributed by atoms with Crippen LogP contribution in [0.1, 0.15) is 22.1 Å². The first-order chi connectivity index (χ1) is 16.2. The van der Waals surface area contributed by atoms with Crippen LogP contribution >= 0.6 is 0 Å². The van der Waals surface area contributed by atoms with Gasteiger partial charge in [-0.1, -0.05) is 48.5 Å². The van der Waals surface area contributed by atoms with E-state index in [0.29, 0.717) is 0 Å². The average molecular weight is 443 g/mol. The van der Waals surface area contributed by atoms with Crippen molar-refractivity contribution >= 4 is 17.3 Å². The zero-order valence-electron chi connectivity index (χ0n) is 19.0. The van der Waals surface area contributed by atoms with E-state index in [9.17, 15) is 4.79 Å². The van der Waals surface area contributed by atoms with Crippen LogP contribution in [0.5, 0.6) is 5.75 Å². The van der Waals surface area contributed by atoms with Gasteiger partial charge in [-0.15, -0.1) is 0 Å². The topological polar surface area (TPSA) is 48.1 Å². The number of methoxy groups -OCH3 is 1. The minimum absolute atomic E-state index is 0.0470. The first-order valence-electron chi connectivity index (χ1n) is 11.6. The van der Waals surface area contributed by atoms with Crippen molar-refractivity contribution < 1.29 is 9.53 Å². The predicted molar refractivity (Wildman–Crippen MR) is 132 cm³/mol. The summed E-state index contributed by atoms with van der Waals surface area (Å²) in [6.45, 7) is 5.83. The molecular formula is C27H30N4O2. The number of carbonyl (C=O) groups excluding carboxylic acids is 1. The molecule has 1 atom stereocenters. The highest BCUT2D eigenvalue weighted by Crippen LogP contribution is 2.36. The number of anilines is 2. The molecular weight excluding hydrogens is 412 g/mol. The van der Waals surface area contributed by atoms with Crippen molar-refractivity contribution in [3.63, 3.8) is 0 Å². The summed E-state index contributed by atoms with van der Waals surface area (Å²) in [4.78, 5) is 20.2. The predicted octanol–water partition coefficient (Wildman–Crippen LogP) is 3.77. The van der Waals surface area contributed by atoms with Gasteiger partial charge in [0.05, 0.1) is 18.4 Å². The number of amides is 1. The van der Waals surface area contributed by atoms with Crippen LogP contribution < -0.4 is 19.9 Å². The number of ether oxygens (including phenoxy) is 1. The summed E-state index contributed by atoms with van der Waals surface area (Å²) in [6, 6.07) is 26.4. The molecule has 2 heterocycles. The first kappa shape index (κ1) is 21.3. The molecule has 1 N–H and O–H groups in total.